The first-order valence-electron chi connectivity index (χ1n) is 9.10. The highest BCUT2D eigenvalue weighted by Crippen LogP contribution is 2.20. The Kier molecular flexibility index (Phi) is 6.31. The number of aromatic nitrogens is 2. The predicted molar refractivity (Wildman–Crippen MR) is 107 cm³/mol. The Hall–Kier alpha value is -2.86. The van der Waals surface area contributed by atoms with Gasteiger partial charge in [0.2, 0.25) is 11.7 Å². The lowest BCUT2D eigenvalue weighted by Gasteiger charge is -2.19. The van der Waals surface area contributed by atoms with Crippen LogP contribution in [0.25, 0.3) is 11.4 Å². The van der Waals surface area contributed by atoms with Gasteiger partial charge in [-0.05, 0) is 69.3 Å². The van der Waals surface area contributed by atoms with E-state index in [0.717, 1.165) is 11.3 Å². The van der Waals surface area contributed by atoms with E-state index in [0.29, 0.717) is 28.8 Å². The molecule has 146 valence electrons. The lowest BCUT2D eigenvalue weighted by atomic mass is 10.2. The molecule has 0 radical (unpaired) electrons. The number of ether oxygens (including phenoxy) is 1. The van der Waals surface area contributed by atoms with Gasteiger partial charge in [0.1, 0.15) is 12.3 Å². The van der Waals surface area contributed by atoms with E-state index >= 15 is 0 Å². The Morgan fingerprint density at radius 2 is 1.82 bits per heavy atom. The van der Waals surface area contributed by atoms with E-state index in [-0.39, 0.29) is 18.6 Å². The van der Waals surface area contributed by atoms with Crippen LogP contribution >= 0.6 is 11.6 Å². The first-order valence-corrected chi connectivity index (χ1v) is 9.48. The molecular weight excluding hydrogens is 378 g/mol. The maximum atomic E-state index is 12.8. The summed E-state index contributed by atoms with van der Waals surface area (Å²) in [7, 11) is 0. The molecule has 1 heterocycles. The SMILES string of the molecule is CCN(Cc1nc(-c2ccc(Cl)cc2)no1)C(=O)c1ccc(OC(C)C)cc1. The third kappa shape index (κ3) is 4.89. The van der Waals surface area contributed by atoms with Crippen LogP contribution in [0.4, 0.5) is 0 Å². The van der Waals surface area contributed by atoms with Crippen molar-refractivity contribution in [3.05, 3.63) is 65.0 Å². The molecule has 0 unspecified atom stereocenters. The second-order valence-corrected chi connectivity index (χ2v) is 6.97. The van der Waals surface area contributed by atoms with Crippen LogP contribution in [0.2, 0.25) is 5.02 Å². The normalized spacial score (nSPS) is 10.9. The van der Waals surface area contributed by atoms with Gasteiger partial charge in [0.15, 0.2) is 0 Å². The van der Waals surface area contributed by atoms with Gasteiger partial charge in [0.25, 0.3) is 5.91 Å². The second kappa shape index (κ2) is 8.89. The van der Waals surface area contributed by atoms with Crippen molar-refractivity contribution in [2.24, 2.45) is 0 Å². The van der Waals surface area contributed by atoms with E-state index in [1.807, 2.05) is 32.9 Å². The molecule has 1 amide bonds. The minimum atomic E-state index is -0.107. The van der Waals surface area contributed by atoms with Gasteiger partial charge in [0, 0.05) is 22.7 Å². The van der Waals surface area contributed by atoms with Crippen LogP contribution in [0.5, 0.6) is 5.75 Å². The highest BCUT2D eigenvalue weighted by molar-refractivity contribution is 6.30. The van der Waals surface area contributed by atoms with Crippen molar-refractivity contribution < 1.29 is 14.1 Å². The van der Waals surface area contributed by atoms with Crippen molar-refractivity contribution in [2.75, 3.05) is 6.54 Å². The van der Waals surface area contributed by atoms with Crippen LogP contribution in [0.15, 0.2) is 53.1 Å². The predicted octanol–water partition coefficient (Wildman–Crippen LogP) is 4.84. The van der Waals surface area contributed by atoms with E-state index in [2.05, 4.69) is 10.1 Å². The zero-order chi connectivity index (χ0) is 20.1. The summed E-state index contributed by atoms with van der Waals surface area (Å²) in [6.07, 6.45) is 0.0843. The van der Waals surface area contributed by atoms with Gasteiger partial charge in [-0.3, -0.25) is 4.79 Å². The van der Waals surface area contributed by atoms with E-state index in [9.17, 15) is 4.79 Å². The Labute approximate surface area is 169 Å². The molecule has 0 aliphatic heterocycles. The van der Waals surface area contributed by atoms with Crippen molar-refractivity contribution in [1.29, 1.82) is 0 Å². The summed E-state index contributed by atoms with van der Waals surface area (Å²) >= 11 is 5.90. The van der Waals surface area contributed by atoms with Crippen LogP contribution < -0.4 is 4.74 Å². The van der Waals surface area contributed by atoms with Gasteiger partial charge in [-0.1, -0.05) is 16.8 Å². The maximum absolute atomic E-state index is 12.8. The van der Waals surface area contributed by atoms with Crippen LogP contribution in [-0.2, 0) is 6.54 Å². The number of hydrogen-bond acceptors (Lipinski definition) is 5. The number of hydrogen-bond donors (Lipinski definition) is 0. The summed E-state index contributed by atoms with van der Waals surface area (Å²) in [6, 6.07) is 14.3. The molecule has 0 saturated carbocycles. The zero-order valence-electron chi connectivity index (χ0n) is 16.1. The van der Waals surface area contributed by atoms with E-state index in [4.69, 9.17) is 20.9 Å². The molecule has 3 aromatic rings. The van der Waals surface area contributed by atoms with Gasteiger partial charge in [0.05, 0.1) is 6.10 Å². The Morgan fingerprint density at radius 3 is 2.43 bits per heavy atom. The molecule has 0 N–H and O–H groups in total. The molecule has 28 heavy (non-hydrogen) atoms. The number of rotatable bonds is 7. The summed E-state index contributed by atoms with van der Waals surface area (Å²) in [5, 5.41) is 4.63. The maximum Gasteiger partial charge on any atom is 0.254 e. The van der Waals surface area contributed by atoms with Crippen molar-refractivity contribution in [1.82, 2.24) is 15.0 Å². The summed E-state index contributed by atoms with van der Waals surface area (Å²) in [5.74, 6) is 1.47. The van der Waals surface area contributed by atoms with Crippen molar-refractivity contribution in [3.8, 4) is 17.1 Å². The van der Waals surface area contributed by atoms with Gasteiger partial charge in [-0.2, -0.15) is 4.98 Å². The lowest BCUT2D eigenvalue weighted by Crippen LogP contribution is -2.30. The first-order chi connectivity index (χ1) is 13.5. The molecular formula is C21H22ClN3O3. The van der Waals surface area contributed by atoms with Gasteiger partial charge in [-0.25, -0.2) is 0 Å². The average molecular weight is 400 g/mol. The van der Waals surface area contributed by atoms with Crippen molar-refractivity contribution in [2.45, 2.75) is 33.4 Å². The molecule has 0 bridgehead atoms. The number of amides is 1. The van der Waals surface area contributed by atoms with Gasteiger partial charge in [-0.15, -0.1) is 0 Å². The van der Waals surface area contributed by atoms with E-state index in [1.54, 1.807) is 41.3 Å². The molecule has 3 rings (SSSR count). The fourth-order valence-electron chi connectivity index (χ4n) is 2.66. The van der Waals surface area contributed by atoms with Crippen LogP contribution in [0.1, 0.15) is 37.0 Å². The number of halogens is 1. The molecule has 0 atom stereocenters. The first kappa shape index (κ1) is 19.9. The quantitative estimate of drug-likeness (QED) is 0.568. The monoisotopic (exact) mass is 399 g/mol. The van der Waals surface area contributed by atoms with E-state index < -0.39 is 0 Å². The highest BCUT2D eigenvalue weighted by Gasteiger charge is 2.18. The number of carbonyl (C=O) groups is 1. The van der Waals surface area contributed by atoms with E-state index in [1.165, 1.54) is 0 Å². The molecule has 0 aliphatic carbocycles. The zero-order valence-corrected chi connectivity index (χ0v) is 16.8. The molecule has 2 aromatic carbocycles. The third-order valence-corrected chi connectivity index (χ3v) is 4.29. The smallest absolute Gasteiger partial charge is 0.254 e. The summed E-state index contributed by atoms with van der Waals surface area (Å²) in [6.45, 7) is 6.58. The number of nitrogens with zero attached hydrogens (tertiary/aromatic N) is 3. The standard InChI is InChI=1S/C21H22ClN3O3/c1-4-25(21(26)16-7-11-18(12-8-16)27-14(2)3)13-19-23-20(24-28-19)15-5-9-17(22)10-6-15/h5-12,14H,4,13H2,1-3H3. The molecule has 0 spiro atoms. The molecule has 0 fully saturated rings. The minimum absolute atomic E-state index is 0.0843. The lowest BCUT2D eigenvalue weighted by molar-refractivity contribution is 0.0734. The van der Waals surface area contributed by atoms with Gasteiger partial charge >= 0.3 is 0 Å². The molecule has 1 aromatic heterocycles. The largest absolute Gasteiger partial charge is 0.491 e. The Bertz CT molecular complexity index is 921. The summed E-state index contributed by atoms with van der Waals surface area (Å²) in [5.41, 5.74) is 1.38. The van der Waals surface area contributed by atoms with Crippen molar-refractivity contribution >= 4 is 17.5 Å². The molecule has 0 aliphatic rings. The second-order valence-electron chi connectivity index (χ2n) is 6.53. The van der Waals surface area contributed by atoms with Gasteiger partial charge < -0.3 is 14.2 Å². The topological polar surface area (TPSA) is 68.5 Å². The van der Waals surface area contributed by atoms with Crippen LogP contribution in [-0.4, -0.2) is 33.6 Å². The number of carbonyl (C=O) groups excluding carboxylic acids is 1. The molecule has 6 nitrogen and oxygen atoms in total. The fourth-order valence-corrected chi connectivity index (χ4v) is 2.78. The summed E-state index contributed by atoms with van der Waals surface area (Å²) < 4.78 is 10.9. The Morgan fingerprint density at radius 1 is 1.14 bits per heavy atom. The van der Waals surface area contributed by atoms with Crippen molar-refractivity contribution in [3.63, 3.8) is 0 Å². The Balaban J connectivity index is 1.70. The highest BCUT2D eigenvalue weighted by atomic mass is 35.5. The third-order valence-electron chi connectivity index (χ3n) is 4.04. The molecule has 7 heteroatoms. The molecule has 0 saturated heterocycles. The fraction of sp³-hybridized carbons (Fsp3) is 0.286. The minimum Gasteiger partial charge on any atom is -0.491 e. The van der Waals surface area contributed by atoms with Crippen LogP contribution in [0, 0.1) is 0 Å². The average Bonchev–Trinajstić information content (AvgIpc) is 3.15. The summed E-state index contributed by atoms with van der Waals surface area (Å²) in [4.78, 5) is 18.8. The number of benzene rings is 2. The van der Waals surface area contributed by atoms with Crippen LogP contribution in [0.3, 0.4) is 0 Å².